The second kappa shape index (κ2) is 7.88. The third-order valence-electron chi connectivity index (χ3n) is 3.30. The Labute approximate surface area is 140 Å². The van der Waals surface area contributed by atoms with Gasteiger partial charge in [0.25, 0.3) is 5.91 Å². The molecule has 1 amide bonds. The third kappa shape index (κ3) is 4.17. The number of furan rings is 1. The van der Waals surface area contributed by atoms with Gasteiger partial charge in [-0.25, -0.2) is 0 Å². The summed E-state index contributed by atoms with van der Waals surface area (Å²) in [5.41, 5.74) is 0.652. The van der Waals surface area contributed by atoms with Gasteiger partial charge in [-0.2, -0.15) is 5.26 Å². The Kier molecular flexibility index (Phi) is 5.63. The van der Waals surface area contributed by atoms with Gasteiger partial charge in [0.1, 0.15) is 23.2 Å². The molecule has 1 N–H and O–H groups in total. The maximum absolute atomic E-state index is 12.1. The first-order chi connectivity index (χ1) is 11.6. The molecule has 0 aliphatic carbocycles. The number of aryl methyl sites for hydroxylation is 1. The molecule has 1 aromatic carbocycles. The first-order valence-electron chi connectivity index (χ1n) is 7.24. The summed E-state index contributed by atoms with van der Waals surface area (Å²) < 4.78 is 15.7. The number of nitriles is 1. The minimum atomic E-state index is -0.471. The predicted molar refractivity (Wildman–Crippen MR) is 88.4 cm³/mol. The lowest BCUT2D eigenvalue weighted by Crippen LogP contribution is -2.23. The molecule has 0 spiro atoms. The molecule has 0 fully saturated rings. The molecule has 0 saturated carbocycles. The lowest BCUT2D eigenvalue weighted by Gasteiger charge is -2.08. The van der Waals surface area contributed by atoms with E-state index in [9.17, 15) is 10.1 Å². The third-order valence-corrected chi connectivity index (χ3v) is 3.30. The van der Waals surface area contributed by atoms with Crippen LogP contribution in [0, 0.1) is 18.3 Å². The number of carbonyl (C=O) groups is 1. The Balaban J connectivity index is 2.13. The molecular weight excluding hydrogens is 308 g/mol. The van der Waals surface area contributed by atoms with E-state index in [2.05, 4.69) is 5.32 Å². The van der Waals surface area contributed by atoms with E-state index in [0.717, 1.165) is 5.76 Å². The van der Waals surface area contributed by atoms with Crippen molar-refractivity contribution in [3.05, 3.63) is 53.0 Å². The van der Waals surface area contributed by atoms with Gasteiger partial charge in [0.05, 0.1) is 20.8 Å². The maximum Gasteiger partial charge on any atom is 0.262 e. The molecule has 1 heterocycles. The van der Waals surface area contributed by atoms with Crippen molar-refractivity contribution in [3.63, 3.8) is 0 Å². The number of amides is 1. The molecule has 124 valence electrons. The highest BCUT2D eigenvalue weighted by Gasteiger charge is 2.11. The number of hydrogen-bond donors (Lipinski definition) is 1. The van der Waals surface area contributed by atoms with Gasteiger partial charge < -0.3 is 19.2 Å². The molecule has 6 heteroatoms. The average Bonchev–Trinajstić information content (AvgIpc) is 3.02. The Bertz CT molecular complexity index is 800. The Morgan fingerprint density at radius 3 is 2.58 bits per heavy atom. The highest BCUT2D eigenvalue weighted by molar-refractivity contribution is 6.01. The molecule has 1 aromatic heterocycles. The van der Waals surface area contributed by atoms with Gasteiger partial charge in [0.2, 0.25) is 0 Å². The molecule has 0 radical (unpaired) electrons. The summed E-state index contributed by atoms with van der Waals surface area (Å²) in [6, 6.07) is 10.6. The van der Waals surface area contributed by atoms with Crippen molar-refractivity contribution >= 4 is 12.0 Å². The number of benzene rings is 1. The molecule has 0 bridgehead atoms. The molecule has 0 unspecified atom stereocenters. The van der Waals surface area contributed by atoms with E-state index in [0.29, 0.717) is 22.8 Å². The van der Waals surface area contributed by atoms with Crippen LogP contribution < -0.4 is 14.8 Å². The second-order valence-corrected chi connectivity index (χ2v) is 4.98. The van der Waals surface area contributed by atoms with Crippen LogP contribution in [0.1, 0.15) is 17.1 Å². The van der Waals surface area contributed by atoms with Crippen molar-refractivity contribution in [2.45, 2.75) is 13.5 Å². The SMILES string of the molecule is COc1ccc(C=C(C#N)C(=O)NCc2ccc(C)o2)cc1OC. The smallest absolute Gasteiger partial charge is 0.262 e. The molecule has 2 rings (SSSR count). The van der Waals surface area contributed by atoms with E-state index in [1.807, 2.05) is 19.1 Å². The second-order valence-electron chi connectivity index (χ2n) is 4.98. The molecule has 24 heavy (non-hydrogen) atoms. The van der Waals surface area contributed by atoms with E-state index >= 15 is 0 Å². The van der Waals surface area contributed by atoms with Crippen molar-refractivity contribution in [3.8, 4) is 17.6 Å². The van der Waals surface area contributed by atoms with Gasteiger partial charge >= 0.3 is 0 Å². The summed E-state index contributed by atoms with van der Waals surface area (Å²) in [7, 11) is 3.06. The van der Waals surface area contributed by atoms with Gasteiger partial charge in [-0.05, 0) is 42.8 Å². The number of nitrogens with one attached hydrogen (secondary N) is 1. The Morgan fingerprint density at radius 1 is 1.25 bits per heavy atom. The van der Waals surface area contributed by atoms with Crippen LogP contribution in [0.3, 0.4) is 0 Å². The van der Waals surface area contributed by atoms with Gasteiger partial charge in [0, 0.05) is 0 Å². The van der Waals surface area contributed by atoms with Gasteiger partial charge in [-0.15, -0.1) is 0 Å². The van der Waals surface area contributed by atoms with Crippen LogP contribution in [0.4, 0.5) is 0 Å². The number of carbonyl (C=O) groups excluding carboxylic acids is 1. The zero-order valence-corrected chi connectivity index (χ0v) is 13.8. The van der Waals surface area contributed by atoms with Gasteiger partial charge in [0.15, 0.2) is 11.5 Å². The maximum atomic E-state index is 12.1. The van der Waals surface area contributed by atoms with E-state index in [4.69, 9.17) is 13.9 Å². The number of nitrogens with zero attached hydrogens (tertiary/aromatic N) is 1. The molecular formula is C18H18N2O4. The van der Waals surface area contributed by atoms with Crippen LogP contribution in [0.5, 0.6) is 11.5 Å². The van der Waals surface area contributed by atoms with Crippen LogP contribution in [0.15, 0.2) is 40.3 Å². The number of ether oxygens (including phenoxy) is 2. The first-order valence-corrected chi connectivity index (χ1v) is 7.24. The summed E-state index contributed by atoms with van der Waals surface area (Å²) in [4.78, 5) is 12.1. The molecule has 0 atom stereocenters. The lowest BCUT2D eigenvalue weighted by molar-refractivity contribution is -0.117. The summed E-state index contributed by atoms with van der Waals surface area (Å²) >= 11 is 0. The molecule has 0 aliphatic rings. The minimum Gasteiger partial charge on any atom is -0.493 e. The zero-order valence-electron chi connectivity index (χ0n) is 13.8. The summed E-state index contributed by atoms with van der Waals surface area (Å²) in [6.45, 7) is 2.04. The first kappa shape index (κ1) is 17.2. The average molecular weight is 326 g/mol. The number of methoxy groups -OCH3 is 2. The van der Waals surface area contributed by atoms with E-state index in [1.165, 1.54) is 20.3 Å². The van der Waals surface area contributed by atoms with Crippen molar-refractivity contribution in [2.75, 3.05) is 14.2 Å². The highest BCUT2D eigenvalue weighted by Crippen LogP contribution is 2.28. The molecule has 2 aromatic rings. The predicted octanol–water partition coefficient (Wildman–Crippen LogP) is 2.83. The number of rotatable bonds is 6. The molecule has 0 aliphatic heterocycles. The molecule has 0 saturated heterocycles. The van der Waals surface area contributed by atoms with Gasteiger partial charge in [-0.1, -0.05) is 6.07 Å². The fraction of sp³-hybridized carbons (Fsp3) is 0.222. The zero-order chi connectivity index (χ0) is 17.5. The fourth-order valence-corrected chi connectivity index (χ4v) is 2.10. The standard InChI is InChI=1S/C18H18N2O4/c1-12-4-6-15(24-12)11-20-18(21)14(10-19)8-13-5-7-16(22-2)17(9-13)23-3/h4-9H,11H2,1-3H3,(H,20,21). The van der Waals surface area contributed by atoms with Crippen molar-refractivity contribution < 1.29 is 18.7 Å². The van der Waals surface area contributed by atoms with E-state index in [-0.39, 0.29) is 12.1 Å². The molecule has 6 nitrogen and oxygen atoms in total. The fourth-order valence-electron chi connectivity index (χ4n) is 2.10. The van der Waals surface area contributed by atoms with E-state index in [1.54, 1.807) is 24.3 Å². The van der Waals surface area contributed by atoms with Crippen LogP contribution in [0.2, 0.25) is 0 Å². The van der Waals surface area contributed by atoms with Gasteiger partial charge in [-0.3, -0.25) is 4.79 Å². The van der Waals surface area contributed by atoms with Crippen LogP contribution in [-0.2, 0) is 11.3 Å². The summed E-state index contributed by atoms with van der Waals surface area (Å²) in [5.74, 6) is 2.02. The highest BCUT2D eigenvalue weighted by atomic mass is 16.5. The summed E-state index contributed by atoms with van der Waals surface area (Å²) in [6.07, 6.45) is 1.49. The van der Waals surface area contributed by atoms with Crippen LogP contribution >= 0.6 is 0 Å². The minimum absolute atomic E-state index is 0.00880. The monoisotopic (exact) mass is 326 g/mol. The van der Waals surface area contributed by atoms with Crippen molar-refractivity contribution in [2.24, 2.45) is 0 Å². The Morgan fingerprint density at radius 2 is 2.00 bits per heavy atom. The number of hydrogen-bond acceptors (Lipinski definition) is 5. The lowest BCUT2D eigenvalue weighted by atomic mass is 10.1. The van der Waals surface area contributed by atoms with Crippen LogP contribution in [-0.4, -0.2) is 20.1 Å². The normalized spacial score (nSPS) is 10.8. The van der Waals surface area contributed by atoms with E-state index < -0.39 is 5.91 Å². The quantitative estimate of drug-likeness (QED) is 0.652. The summed E-state index contributed by atoms with van der Waals surface area (Å²) in [5, 5.41) is 11.9. The van der Waals surface area contributed by atoms with Crippen molar-refractivity contribution in [1.82, 2.24) is 5.32 Å². The topological polar surface area (TPSA) is 84.5 Å². The Hall–Kier alpha value is -3.20. The van der Waals surface area contributed by atoms with Crippen LogP contribution in [0.25, 0.3) is 6.08 Å². The largest absolute Gasteiger partial charge is 0.493 e. The van der Waals surface area contributed by atoms with Crippen molar-refractivity contribution in [1.29, 1.82) is 5.26 Å².